The molecular weight excluding hydrogens is 220 g/mol. The average molecular weight is 233 g/mol. The fourth-order valence-electron chi connectivity index (χ4n) is 1.72. The first-order valence-corrected chi connectivity index (χ1v) is 5.67. The number of aromatic nitrogens is 2. The van der Waals surface area contributed by atoms with Gasteiger partial charge in [0, 0.05) is 23.1 Å². The summed E-state index contributed by atoms with van der Waals surface area (Å²) in [6, 6.07) is 7.90. The highest BCUT2D eigenvalue weighted by Crippen LogP contribution is 2.24. The number of pyridine rings is 2. The highest BCUT2D eigenvalue weighted by atomic mass is 35.5. The molecule has 3 heteroatoms. The van der Waals surface area contributed by atoms with E-state index in [0.29, 0.717) is 5.15 Å². The molecule has 0 bridgehead atoms. The predicted octanol–water partition coefficient (Wildman–Crippen LogP) is 3.67. The summed E-state index contributed by atoms with van der Waals surface area (Å²) < 4.78 is 0. The van der Waals surface area contributed by atoms with Gasteiger partial charge >= 0.3 is 0 Å². The molecule has 0 aliphatic rings. The smallest absolute Gasteiger partial charge is 0.129 e. The third kappa shape index (κ3) is 2.22. The molecule has 0 aromatic carbocycles. The van der Waals surface area contributed by atoms with Gasteiger partial charge in [-0.3, -0.25) is 4.98 Å². The van der Waals surface area contributed by atoms with E-state index in [9.17, 15) is 0 Å². The Hall–Kier alpha value is -1.41. The van der Waals surface area contributed by atoms with Crippen LogP contribution < -0.4 is 0 Å². The van der Waals surface area contributed by atoms with E-state index in [4.69, 9.17) is 11.6 Å². The van der Waals surface area contributed by atoms with E-state index in [1.54, 1.807) is 0 Å². The second-order valence-electron chi connectivity index (χ2n) is 3.67. The van der Waals surface area contributed by atoms with Gasteiger partial charge in [0.2, 0.25) is 0 Å². The first-order valence-electron chi connectivity index (χ1n) is 5.29. The molecule has 2 aromatic rings. The molecule has 16 heavy (non-hydrogen) atoms. The van der Waals surface area contributed by atoms with E-state index >= 15 is 0 Å². The summed E-state index contributed by atoms with van der Waals surface area (Å²) in [5.41, 5.74) is 4.32. The SMILES string of the molecule is CCc1nc(Cl)ccc1-c1ccnc(C)c1. The molecule has 0 atom stereocenters. The zero-order valence-corrected chi connectivity index (χ0v) is 10.1. The quantitative estimate of drug-likeness (QED) is 0.739. The van der Waals surface area contributed by atoms with Crippen LogP contribution in [0.4, 0.5) is 0 Å². The van der Waals surface area contributed by atoms with E-state index in [2.05, 4.69) is 23.0 Å². The fraction of sp³-hybridized carbons (Fsp3) is 0.231. The maximum Gasteiger partial charge on any atom is 0.129 e. The summed E-state index contributed by atoms with van der Waals surface area (Å²) in [5, 5.41) is 0.548. The Labute approximate surface area is 100 Å². The number of aryl methyl sites for hydroxylation is 2. The van der Waals surface area contributed by atoms with Crippen molar-refractivity contribution in [2.24, 2.45) is 0 Å². The first kappa shape index (κ1) is 11.1. The van der Waals surface area contributed by atoms with Crippen molar-refractivity contribution in [3.8, 4) is 11.1 Å². The van der Waals surface area contributed by atoms with Gasteiger partial charge in [0.05, 0.1) is 0 Å². The monoisotopic (exact) mass is 232 g/mol. The van der Waals surface area contributed by atoms with E-state index in [-0.39, 0.29) is 0 Å². The van der Waals surface area contributed by atoms with Gasteiger partial charge in [0.25, 0.3) is 0 Å². The first-order chi connectivity index (χ1) is 7.70. The minimum atomic E-state index is 0.548. The van der Waals surface area contributed by atoms with E-state index in [0.717, 1.165) is 28.9 Å². The van der Waals surface area contributed by atoms with Gasteiger partial charge in [-0.1, -0.05) is 18.5 Å². The van der Waals surface area contributed by atoms with Crippen LogP contribution in [0.2, 0.25) is 5.15 Å². The molecule has 2 rings (SSSR count). The zero-order valence-electron chi connectivity index (χ0n) is 9.37. The van der Waals surface area contributed by atoms with Crippen molar-refractivity contribution < 1.29 is 0 Å². The normalized spacial score (nSPS) is 10.4. The molecule has 0 amide bonds. The maximum atomic E-state index is 5.89. The topological polar surface area (TPSA) is 25.8 Å². The lowest BCUT2D eigenvalue weighted by atomic mass is 10.0. The molecule has 0 aliphatic carbocycles. The Bertz CT molecular complexity index is 509. The van der Waals surface area contributed by atoms with E-state index in [1.165, 1.54) is 0 Å². The number of hydrogen-bond donors (Lipinski definition) is 0. The molecule has 0 spiro atoms. The number of halogens is 1. The highest BCUT2D eigenvalue weighted by molar-refractivity contribution is 6.29. The van der Waals surface area contributed by atoms with Crippen molar-refractivity contribution in [2.75, 3.05) is 0 Å². The largest absolute Gasteiger partial charge is 0.262 e. The van der Waals surface area contributed by atoms with Gasteiger partial charge in [-0.15, -0.1) is 0 Å². The maximum absolute atomic E-state index is 5.89. The molecule has 0 aliphatic heterocycles. The van der Waals surface area contributed by atoms with Gasteiger partial charge in [-0.05, 0) is 43.2 Å². The Morgan fingerprint density at radius 3 is 2.75 bits per heavy atom. The van der Waals surface area contributed by atoms with Crippen LogP contribution in [0, 0.1) is 6.92 Å². The lowest BCUT2D eigenvalue weighted by Gasteiger charge is -2.07. The van der Waals surface area contributed by atoms with Crippen LogP contribution in [0.3, 0.4) is 0 Å². The van der Waals surface area contributed by atoms with Crippen molar-refractivity contribution in [2.45, 2.75) is 20.3 Å². The fourth-order valence-corrected chi connectivity index (χ4v) is 1.89. The summed E-state index contributed by atoms with van der Waals surface area (Å²) in [6.07, 6.45) is 2.69. The number of rotatable bonds is 2. The second-order valence-corrected chi connectivity index (χ2v) is 4.05. The zero-order chi connectivity index (χ0) is 11.5. The van der Waals surface area contributed by atoms with Crippen molar-refractivity contribution in [1.29, 1.82) is 0 Å². The molecule has 0 saturated heterocycles. The molecule has 0 unspecified atom stereocenters. The molecule has 2 heterocycles. The van der Waals surface area contributed by atoms with Crippen LogP contribution in [-0.4, -0.2) is 9.97 Å². The molecule has 82 valence electrons. The van der Waals surface area contributed by atoms with Gasteiger partial charge < -0.3 is 0 Å². The third-order valence-corrected chi connectivity index (χ3v) is 2.69. The number of nitrogens with zero attached hydrogens (tertiary/aromatic N) is 2. The van der Waals surface area contributed by atoms with Crippen LogP contribution in [0.5, 0.6) is 0 Å². The van der Waals surface area contributed by atoms with Crippen LogP contribution in [-0.2, 0) is 6.42 Å². The average Bonchev–Trinajstić information content (AvgIpc) is 2.28. The Balaban J connectivity index is 2.55. The lowest BCUT2D eigenvalue weighted by molar-refractivity contribution is 1.04. The van der Waals surface area contributed by atoms with Crippen molar-refractivity contribution in [1.82, 2.24) is 9.97 Å². The Morgan fingerprint density at radius 1 is 1.25 bits per heavy atom. The standard InChI is InChI=1S/C13H13ClN2/c1-3-12-11(4-5-13(14)16-12)10-6-7-15-9(2)8-10/h4-8H,3H2,1-2H3. The molecule has 0 saturated carbocycles. The van der Waals surface area contributed by atoms with Crippen LogP contribution in [0.1, 0.15) is 18.3 Å². The summed E-state index contributed by atoms with van der Waals surface area (Å²) in [4.78, 5) is 8.53. The Kier molecular flexibility index (Phi) is 3.20. The molecular formula is C13H13ClN2. The van der Waals surface area contributed by atoms with Gasteiger partial charge in [0.1, 0.15) is 5.15 Å². The predicted molar refractivity (Wildman–Crippen MR) is 66.6 cm³/mol. The van der Waals surface area contributed by atoms with Crippen molar-refractivity contribution in [3.63, 3.8) is 0 Å². The van der Waals surface area contributed by atoms with E-state index in [1.807, 2.05) is 31.3 Å². The van der Waals surface area contributed by atoms with Crippen LogP contribution in [0.15, 0.2) is 30.5 Å². The minimum Gasteiger partial charge on any atom is -0.262 e. The van der Waals surface area contributed by atoms with Crippen molar-refractivity contribution >= 4 is 11.6 Å². The van der Waals surface area contributed by atoms with Gasteiger partial charge in [0.15, 0.2) is 0 Å². The summed E-state index contributed by atoms with van der Waals surface area (Å²) in [6.45, 7) is 4.06. The van der Waals surface area contributed by atoms with E-state index < -0.39 is 0 Å². The minimum absolute atomic E-state index is 0.548. The van der Waals surface area contributed by atoms with Crippen LogP contribution in [0.25, 0.3) is 11.1 Å². The summed E-state index contributed by atoms with van der Waals surface area (Å²) >= 11 is 5.89. The highest BCUT2D eigenvalue weighted by Gasteiger charge is 2.06. The summed E-state index contributed by atoms with van der Waals surface area (Å²) in [7, 11) is 0. The second kappa shape index (κ2) is 4.62. The molecule has 2 aromatic heterocycles. The number of hydrogen-bond acceptors (Lipinski definition) is 2. The molecule has 2 nitrogen and oxygen atoms in total. The van der Waals surface area contributed by atoms with Crippen LogP contribution >= 0.6 is 11.6 Å². The Morgan fingerprint density at radius 2 is 2.06 bits per heavy atom. The van der Waals surface area contributed by atoms with Gasteiger partial charge in [-0.2, -0.15) is 0 Å². The summed E-state index contributed by atoms with van der Waals surface area (Å²) in [5.74, 6) is 0. The molecule has 0 radical (unpaired) electrons. The molecule has 0 fully saturated rings. The lowest BCUT2D eigenvalue weighted by Crippen LogP contribution is -1.93. The third-order valence-electron chi connectivity index (χ3n) is 2.48. The van der Waals surface area contributed by atoms with Gasteiger partial charge in [-0.25, -0.2) is 4.98 Å². The van der Waals surface area contributed by atoms with Crippen molar-refractivity contribution in [3.05, 3.63) is 47.0 Å². The molecule has 0 N–H and O–H groups in total.